The van der Waals surface area contributed by atoms with Crippen LogP contribution in [0.15, 0.2) is 48.7 Å². The maximum absolute atomic E-state index is 16.2. The lowest BCUT2D eigenvalue weighted by molar-refractivity contribution is -0.134. The van der Waals surface area contributed by atoms with Crippen molar-refractivity contribution in [2.45, 2.75) is 51.2 Å². The first-order chi connectivity index (χ1) is 19.6. The Labute approximate surface area is 237 Å². The van der Waals surface area contributed by atoms with Crippen molar-refractivity contribution in [3.05, 3.63) is 71.2 Å². The quantitative estimate of drug-likeness (QED) is 0.454. The largest absolute Gasteiger partial charge is 0.447 e. The van der Waals surface area contributed by atoms with Crippen LogP contribution in [0.1, 0.15) is 55.7 Å². The predicted octanol–water partition coefficient (Wildman–Crippen LogP) is 3.97. The molecule has 6 rings (SSSR count). The lowest BCUT2D eigenvalue weighted by Gasteiger charge is -2.50. The molecule has 2 N–H and O–H groups in total. The van der Waals surface area contributed by atoms with Gasteiger partial charge in [0.25, 0.3) is 0 Å². The Morgan fingerprint density at radius 1 is 1.12 bits per heavy atom. The van der Waals surface area contributed by atoms with E-state index in [1.54, 1.807) is 29.3 Å². The number of hydrogen-bond donors (Lipinski definition) is 2. The van der Waals surface area contributed by atoms with E-state index in [1.165, 1.54) is 0 Å². The molecule has 41 heavy (non-hydrogen) atoms. The highest BCUT2D eigenvalue weighted by Crippen LogP contribution is 2.48. The fourth-order valence-electron chi connectivity index (χ4n) is 6.43. The molecule has 214 valence electrons. The number of aromatic nitrogens is 1. The zero-order valence-corrected chi connectivity index (χ0v) is 23.2. The van der Waals surface area contributed by atoms with E-state index in [-0.39, 0.29) is 29.4 Å². The SMILES string of the molecule is CC1(C)CN(Cc2ccc(N3CCOC3=O)cc2)CC[C@]1(O)c1ccc2ncc(C3CCC(=O)NC3=O)cc2c1F. The molecular formula is C31H33FN4O5. The van der Waals surface area contributed by atoms with Crippen LogP contribution in [0.5, 0.6) is 0 Å². The van der Waals surface area contributed by atoms with Gasteiger partial charge in [0.1, 0.15) is 12.4 Å². The third-order valence-electron chi connectivity index (χ3n) is 8.85. The molecular weight excluding hydrogens is 527 g/mol. The second kappa shape index (κ2) is 10.2. The molecule has 3 aliphatic heterocycles. The van der Waals surface area contributed by atoms with Crippen molar-refractivity contribution in [1.82, 2.24) is 15.2 Å². The Morgan fingerprint density at radius 2 is 1.90 bits per heavy atom. The minimum absolute atomic E-state index is 0.221. The van der Waals surface area contributed by atoms with E-state index in [2.05, 4.69) is 15.2 Å². The third kappa shape index (κ3) is 4.85. The summed E-state index contributed by atoms with van der Waals surface area (Å²) in [7, 11) is 0. The zero-order valence-electron chi connectivity index (χ0n) is 23.2. The average Bonchev–Trinajstić information content (AvgIpc) is 3.37. The lowest BCUT2D eigenvalue weighted by atomic mass is 9.66. The molecule has 3 aromatic rings. The Hall–Kier alpha value is -3.89. The number of halogens is 1. The number of hydrogen-bond acceptors (Lipinski definition) is 7. The summed E-state index contributed by atoms with van der Waals surface area (Å²) in [5.74, 6) is -1.83. The Morgan fingerprint density at radius 3 is 2.59 bits per heavy atom. The number of carbonyl (C=O) groups excluding carboxylic acids is 3. The molecule has 0 aliphatic carbocycles. The number of likely N-dealkylation sites (tertiary alicyclic amines) is 1. The smallest absolute Gasteiger partial charge is 0.414 e. The van der Waals surface area contributed by atoms with Crippen molar-refractivity contribution in [3.8, 4) is 0 Å². The number of fused-ring (bicyclic) bond motifs is 1. The second-order valence-electron chi connectivity index (χ2n) is 11.9. The first-order valence-electron chi connectivity index (χ1n) is 14.0. The summed E-state index contributed by atoms with van der Waals surface area (Å²) in [6.07, 6.45) is 2.12. The fraction of sp³-hybridized carbons (Fsp3) is 0.419. The molecule has 2 aromatic carbocycles. The van der Waals surface area contributed by atoms with Crippen LogP contribution >= 0.6 is 0 Å². The maximum atomic E-state index is 16.2. The number of benzene rings is 2. The maximum Gasteiger partial charge on any atom is 0.414 e. The van der Waals surface area contributed by atoms with Gasteiger partial charge >= 0.3 is 6.09 Å². The van der Waals surface area contributed by atoms with Gasteiger partial charge in [0.2, 0.25) is 11.8 Å². The van der Waals surface area contributed by atoms with Gasteiger partial charge in [-0.05, 0) is 48.2 Å². The highest BCUT2D eigenvalue weighted by molar-refractivity contribution is 6.01. The highest BCUT2D eigenvalue weighted by Gasteiger charge is 2.50. The second-order valence-corrected chi connectivity index (χ2v) is 11.9. The molecule has 3 amide bonds. The minimum atomic E-state index is -1.42. The van der Waals surface area contributed by atoms with Crippen LogP contribution in [-0.4, -0.2) is 59.1 Å². The first kappa shape index (κ1) is 27.3. The molecule has 2 atom stereocenters. The Kier molecular flexibility index (Phi) is 6.78. The highest BCUT2D eigenvalue weighted by atomic mass is 19.1. The molecule has 9 nitrogen and oxygen atoms in total. The van der Waals surface area contributed by atoms with E-state index in [9.17, 15) is 19.5 Å². The number of imide groups is 1. The van der Waals surface area contributed by atoms with Crippen LogP contribution in [0.2, 0.25) is 0 Å². The monoisotopic (exact) mass is 560 g/mol. The summed E-state index contributed by atoms with van der Waals surface area (Å²) in [5.41, 5.74) is 0.968. The summed E-state index contributed by atoms with van der Waals surface area (Å²) in [6, 6.07) is 12.8. The van der Waals surface area contributed by atoms with Crippen LogP contribution in [0.3, 0.4) is 0 Å². The van der Waals surface area contributed by atoms with E-state index >= 15 is 4.39 Å². The fourth-order valence-corrected chi connectivity index (χ4v) is 6.43. The van der Waals surface area contributed by atoms with Crippen LogP contribution in [0.4, 0.5) is 14.9 Å². The number of rotatable bonds is 5. The number of anilines is 1. The van der Waals surface area contributed by atoms with Crippen LogP contribution in [0, 0.1) is 11.2 Å². The summed E-state index contributed by atoms with van der Waals surface area (Å²) in [5, 5.41) is 14.6. The molecule has 0 bridgehead atoms. The van der Waals surface area contributed by atoms with E-state index in [1.807, 2.05) is 38.1 Å². The zero-order chi connectivity index (χ0) is 28.9. The van der Waals surface area contributed by atoms with Gasteiger partial charge in [0, 0.05) is 54.3 Å². The van der Waals surface area contributed by atoms with E-state index in [0.29, 0.717) is 56.7 Å². The number of piperidine rings is 2. The number of aliphatic hydroxyl groups is 1. The molecule has 1 unspecified atom stereocenters. The van der Waals surface area contributed by atoms with Gasteiger partial charge in [0.15, 0.2) is 0 Å². The molecule has 1 aromatic heterocycles. The van der Waals surface area contributed by atoms with Crippen molar-refractivity contribution in [2.24, 2.45) is 5.41 Å². The van der Waals surface area contributed by atoms with Crippen LogP contribution in [0.25, 0.3) is 10.9 Å². The van der Waals surface area contributed by atoms with Crippen molar-refractivity contribution in [2.75, 3.05) is 31.1 Å². The summed E-state index contributed by atoms with van der Waals surface area (Å²) >= 11 is 0. The number of pyridine rings is 1. The molecule has 0 spiro atoms. The van der Waals surface area contributed by atoms with Gasteiger partial charge in [-0.25, -0.2) is 9.18 Å². The number of cyclic esters (lactones) is 1. The number of amides is 3. The van der Waals surface area contributed by atoms with Gasteiger partial charge < -0.3 is 9.84 Å². The number of carbonyl (C=O) groups is 3. The summed E-state index contributed by atoms with van der Waals surface area (Å²) in [6.45, 7) is 6.58. The van der Waals surface area contributed by atoms with E-state index in [0.717, 1.165) is 11.3 Å². The number of nitrogens with one attached hydrogen (secondary N) is 1. The lowest BCUT2D eigenvalue weighted by Crippen LogP contribution is -2.55. The van der Waals surface area contributed by atoms with E-state index in [4.69, 9.17) is 4.74 Å². The van der Waals surface area contributed by atoms with Crippen molar-refractivity contribution in [3.63, 3.8) is 0 Å². The van der Waals surface area contributed by atoms with Gasteiger partial charge in [-0.1, -0.05) is 32.0 Å². The molecule has 4 heterocycles. The van der Waals surface area contributed by atoms with Gasteiger partial charge in [0.05, 0.1) is 23.6 Å². The molecule has 10 heteroatoms. The molecule has 3 fully saturated rings. The predicted molar refractivity (Wildman–Crippen MR) is 150 cm³/mol. The third-order valence-corrected chi connectivity index (χ3v) is 8.85. The summed E-state index contributed by atoms with van der Waals surface area (Å²) < 4.78 is 21.2. The summed E-state index contributed by atoms with van der Waals surface area (Å²) in [4.78, 5) is 44.1. The van der Waals surface area contributed by atoms with Gasteiger partial charge in [-0.15, -0.1) is 0 Å². The van der Waals surface area contributed by atoms with Gasteiger partial charge in [-0.3, -0.25) is 29.7 Å². The number of nitrogens with zero attached hydrogens (tertiary/aromatic N) is 3. The number of ether oxygens (including phenoxy) is 1. The molecule has 0 saturated carbocycles. The van der Waals surface area contributed by atoms with Crippen molar-refractivity contribution < 1.29 is 28.6 Å². The van der Waals surface area contributed by atoms with Crippen LogP contribution < -0.4 is 10.2 Å². The minimum Gasteiger partial charge on any atom is -0.447 e. The first-order valence-corrected chi connectivity index (χ1v) is 14.0. The average molecular weight is 561 g/mol. The molecule has 0 radical (unpaired) electrons. The van der Waals surface area contributed by atoms with Crippen molar-refractivity contribution >= 4 is 34.5 Å². The van der Waals surface area contributed by atoms with Crippen LogP contribution in [-0.2, 0) is 26.5 Å². The topological polar surface area (TPSA) is 112 Å². The Balaban J connectivity index is 1.22. The Bertz CT molecular complexity index is 1540. The standard InChI is InChI=1S/C31H33FN4O5/c1-30(2)18-35(17-19-3-5-21(6-4-19)36-13-14-41-29(36)39)12-11-31(30,40)24-8-9-25-23(27(24)32)15-20(16-33-25)22-7-10-26(37)34-28(22)38/h3-6,8-9,15-16,22,40H,7,10-14,17-18H2,1-2H3,(H,34,37,38)/t22?,31-/m0/s1. The molecule has 3 saturated heterocycles. The normalized spacial score (nSPS) is 24.9. The van der Waals surface area contributed by atoms with E-state index < -0.39 is 28.7 Å². The van der Waals surface area contributed by atoms with Crippen molar-refractivity contribution in [1.29, 1.82) is 0 Å². The molecule has 3 aliphatic rings. The van der Waals surface area contributed by atoms with Gasteiger partial charge in [-0.2, -0.15) is 0 Å².